The minimum Gasteiger partial charge on any atom is -0.387 e. The molecular weight excluding hydrogens is 381 g/mol. The van der Waals surface area contributed by atoms with Gasteiger partial charge in [-0.1, -0.05) is 6.92 Å². The summed E-state index contributed by atoms with van der Waals surface area (Å²) in [7, 11) is 0. The number of carbonyl (C=O) groups is 1. The Bertz CT molecular complexity index is 812. The first kappa shape index (κ1) is 20.6. The highest BCUT2D eigenvalue weighted by Crippen LogP contribution is 2.64. The van der Waals surface area contributed by atoms with Crippen molar-refractivity contribution in [3.05, 3.63) is 12.2 Å². The van der Waals surface area contributed by atoms with Gasteiger partial charge in [-0.2, -0.15) is 0 Å². The van der Waals surface area contributed by atoms with E-state index in [0.29, 0.717) is 54.8 Å². The lowest BCUT2D eigenvalue weighted by Gasteiger charge is -2.57. The molecule has 166 valence electrons. The van der Waals surface area contributed by atoms with Gasteiger partial charge in [0.2, 0.25) is 0 Å². The minimum absolute atomic E-state index is 0.112. The average Bonchev–Trinajstić information content (AvgIpc) is 3.30. The molecule has 0 bridgehead atoms. The molecule has 0 aliphatic heterocycles. The van der Waals surface area contributed by atoms with Gasteiger partial charge in [0.1, 0.15) is 18.8 Å². The molecule has 0 amide bonds. The van der Waals surface area contributed by atoms with E-state index in [1.807, 2.05) is 11.5 Å². The Labute approximate surface area is 178 Å². The quantitative estimate of drug-likeness (QED) is 0.800. The van der Waals surface area contributed by atoms with Crippen LogP contribution < -0.4 is 0 Å². The van der Waals surface area contributed by atoms with Crippen molar-refractivity contribution >= 4 is 5.78 Å². The van der Waals surface area contributed by atoms with Crippen molar-refractivity contribution in [2.24, 2.45) is 40.9 Å². The molecule has 0 spiro atoms. The summed E-state index contributed by atoms with van der Waals surface area (Å²) in [5, 5.41) is 18.5. The third-order valence-electron chi connectivity index (χ3n) is 9.88. The van der Waals surface area contributed by atoms with E-state index in [1.165, 1.54) is 19.3 Å². The fourth-order valence-corrected chi connectivity index (χ4v) is 8.36. The Balaban J connectivity index is 1.31. The van der Waals surface area contributed by atoms with Crippen LogP contribution in [0, 0.1) is 47.8 Å². The first-order valence-electron chi connectivity index (χ1n) is 12.0. The monoisotopic (exact) mass is 417 g/mol. The molecule has 5 nitrogen and oxygen atoms in total. The molecule has 6 heteroatoms. The Morgan fingerprint density at radius 2 is 1.97 bits per heavy atom. The molecule has 8 atom stereocenters. The maximum absolute atomic E-state index is 13.4. The van der Waals surface area contributed by atoms with Crippen LogP contribution in [0.4, 0.5) is 4.39 Å². The molecular formula is C24H36FN3O2. The first-order valence-corrected chi connectivity index (χ1v) is 12.0. The number of rotatable bonds is 4. The topological polar surface area (TPSA) is 68.0 Å². The molecule has 1 aromatic heterocycles. The predicted octanol–water partition coefficient (Wildman–Crippen LogP) is 4.13. The summed E-state index contributed by atoms with van der Waals surface area (Å²) in [6.07, 6.45) is 10.7. The van der Waals surface area contributed by atoms with Crippen LogP contribution in [0.2, 0.25) is 0 Å². The number of carbonyl (C=O) groups excluding carboxylic acids is 1. The van der Waals surface area contributed by atoms with Gasteiger partial charge in [0.15, 0.2) is 5.78 Å². The number of hydrogen-bond donors (Lipinski definition) is 1. The van der Waals surface area contributed by atoms with Crippen LogP contribution in [0.25, 0.3) is 0 Å². The van der Waals surface area contributed by atoms with Gasteiger partial charge in [-0.3, -0.25) is 4.79 Å². The lowest BCUT2D eigenvalue weighted by molar-refractivity contribution is -0.134. The number of hydrogen-bond acceptors (Lipinski definition) is 4. The van der Waals surface area contributed by atoms with Crippen molar-refractivity contribution in [1.82, 2.24) is 14.8 Å². The smallest absolute Gasteiger partial charge is 0.156 e. The van der Waals surface area contributed by atoms with E-state index in [4.69, 9.17) is 0 Å². The molecule has 4 fully saturated rings. The lowest BCUT2D eigenvalue weighted by atomic mass is 9.49. The second-order valence-electron chi connectivity index (χ2n) is 11.2. The fraction of sp³-hybridized carbons (Fsp3) is 0.875. The Morgan fingerprint density at radius 3 is 2.70 bits per heavy atom. The van der Waals surface area contributed by atoms with Crippen LogP contribution in [0.3, 0.4) is 0 Å². The van der Waals surface area contributed by atoms with Crippen LogP contribution in [0.5, 0.6) is 0 Å². The molecule has 0 saturated heterocycles. The van der Waals surface area contributed by atoms with Crippen LogP contribution in [-0.2, 0) is 11.3 Å². The third kappa shape index (κ3) is 3.16. The molecule has 1 N–H and O–H groups in total. The molecule has 1 heterocycles. The van der Waals surface area contributed by atoms with E-state index in [-0.39, 0.29) is 11.3 Å². The van der Waals surface area contributed by atoms with Gasteiger partial charge in [-0.25, -0.2) is 4.39 Å². The molecule has 5 rings (SSSR count). The maximum Gasteiger partial charge on any atom is 0.156 e. The van der Waals surface area contributed by atoms with Gasteiger partial charge in [-0.05, 0) is 99.7 Å². The molecule has 0 unspecified atom stereocenters. The summed E-state index contributed by atoms with van der Waals surface area (Å²) in [6.45, 7) is 4.08. The second kappa shape index (κ2) is 7.39. The lowest BCUT2D eigenvalue weighted by Crippen LogP contribution is -2.52. The van der Waals surface area contributed by atoms with E-state index >= 15 is 0 Å². The molecule has 0 aromatic carbocycles. The van der Waals surface area contributed by atoms with E-state index in [1.54, 1.807) is 6.33 Å². The van der Waals surface area contributed by atoms with Crippen LogP contribution in [0.15, 0.2) is 6.33 Å². The molecule has 4 aliphatic rings. The summed E-state index contributed by atoms with van der Waals surface area (Å²) in [5.74, 6) is 4.48. The molecule has 0 radical (unpaired) electrons. The van der Waals surface area contributed by atoms with Crippen molar-refractivity contribution in [2.75, 3.05) is 6.67 Å². The molecule has 1 aromatic rings. The number of aromatic nitrogens is 3. The summed E-state index contributed by atoms with van der Waals surface area (Å²) >= 11 is 0. The Kier molecular flexibility index (Phi) is 5.07. The molecule has 30 heavy (non-hydrogen) atoms. The number of ketones is 1. The average molecular weight is 418 g/mol. The van der Waals surface area contributed by atoms with Crippen molar-refractivity contribution in [2.45, 2.75) is 83.8 Å². The number of aryl methyl sites for hydroxylation is 1. The number of halogens is 1. The summed E-state index contributed by atoms with van der Waals surface area (Å²) in [6, 6.07) is 0. The van der Waals surface area contributed by atoms with E-state index in [9.17, 15) is 14.3 Å². The minimum atomic E-state index is -1.07. The van der Waals surface area contributed by atoms with Crippen LogP contribution in [0.1, 0.15) is 70.5 Å². The number of alkyl halides is 1. The standard InChI is InChI=1S/C24H36FN3O2/c1-15-27-26-14-28(15)12-22(29)21-6-5-20-19-4-3-16-11-24(30,13-25)10-8-17(16)18(19)7-9-23(20,21)2/h14,16-21,30H,3-13H2,1-2H3/t16-,17+,18-,19-,20+,21-,23+,24-/m1/s1. The van der Waals surface area contributed by atoms with E-state index in [0.717, 1.165) is 31.5 Å². The molecule has 4 saturated carbocycles. The number of Topliss-reactive ketones (excluding diaryl/α,β-unsaturated/α-hetero) is 1. The van der Waals surface area contributed by atoms with Crippen molar-refractivity contribution in [3.63, 3.8) is 0 Å². The van der Waals surface area contributed by atoms with E-state index in [2.05, 4.69) is 17.1 Å². The van der Waals surface area contributed by atoms with E-state index < -0.39 is 12.3 Å². The predicted molar refractivity (Wildman–Crippen MR) is 111 cm³/mol. The normalized spacial score (nSPS) is 45.5. The summed E-state index contributed by atoms with van der Waals surface area (Å²) < 4.78 is 15.2. The zero-order valence-electron chi connectivity index (χ0n) is 18.4. The van der Waals surface area contributed by atoms with Gasteiger partial charge in [0.05, 0.1) is 12.1 Å². The number of fused-ring (bicyclic) bond motifs is 5. The highest BCUT2D eigenvalue weighted by atomic mass is 19.1. The van der Waals surface area contributed by atoms with Gasteiger partial charge in [-0.15, -0.1) is 10.2 Å². The Hall–Kier alpha value is -1.30. The van der Waals surface area contributed by atoms with Crippen molar-refractivity contribution in [1.29, 1.82) is 0 Å². The van der Waals surface area contributed by atoms with Crippen LogP contribution in [-0.4, -0.2) is 37.9 Å². The zero-order valence-corrected chi connectivity index (χ0v) is 18.4. The fourth-order valence-electron chi connectivity index (χ4n) is 8.36. The first-order chi connectivity index (χ1) is 14.3. The number of aliphatic hydroxyl groups is 1. The summed E-state index contributed by atoms with van der Waals surface area (Å²) in [4.78, 5) is 13.3. The summed E-state index contributed by atoms with van der Waals surface area (Å²) in [5.41, 5.74) is -0.955. The molecule has 4 aliphatic carbocycles. The van der Waals surface area contributed by atoms with Crippen molar-refractivity contribution in [3.8, 4) is 0 Å². The number of nitrogens with zero attached hydrogens (tertiary/aromatic N) is 3. The zero-order chi connectivity index (χ0) is 21.1. The van der Waals surface area contributed by atoms with Crippen LogP contribution >= 0.6 is 0 Å². The van der Waals surface area contributed by atoms with Gasteiger partial charge < -0.3 is 9.67 Å². The van der Waals surface area contributed by atoms with Crippen molar-refractivity contribution < 1.29 is 14.3 Å². The second-order valence-corrected chi connectivity index (χ2v) is 11.2. The van der Waals surface area contributed by atoms with Gasteiger partial charge in [0.25, 0.3) is 0 Å². The third-order valence-corrected chi connectivity index (χ3v) is 9.88. The SMILES string of the molecule is Cc1nncn1CC(=O)[C@H]1CC[C@H]2[C@@H]3CC[C@@H]4C[C@@](O)(CF)CC[C@@H]4[C@H]3CC[C@]12C. The highest BCUT2D eigenvalue weighted by Gasteiger charge is 2.59. The van der Waals surface area contributed by atoms with Gasteiger partial charge in [0, 0.05) is 5.92 Å². The maximum atomic E-state index is 13.4. The van der Waals surface area contributed by atoms with Gasteiger partial charge >= 0.3 is 0 Å². The largest absolute Gasteiger partial charge is 0.387 e. The Morgan fingerprint density at radius 1 is 1.17 bits per heavy atom. The highest BCUT2D eigenvalue weighted by molar-refractivity contribution is 5.82.